The van der Waals surface area contributed by atoms with Crippen molar-refractivity contribution < 1.29 is 32.9 Å². The number of carbonyl (C=O) groups excluding carboxylic acids is 1. The Balaban J connectivity index is 1.90. The van der Waals surface area contributed by atoms with Gasteiger partial charge in [0, 0.05) is 19.2 Å². The lowest BCUT2D eigenvalue weighted by Crippen LogP contribution is -2.51. The molecule has 0 aromatic heterocycles. The zero-order chi connectivity index (χ0) is 28.6. The number of rotatable bonds is 13. The number of phenolic OH excluding ortho intramolecular Hbond substituents is 1. The van der Waals surface area contributed by atoms with Crippen LogP contribution in [0.4, 0.5) is 0 Å². The van der Waals surface area contributed by atoms with Crippen LogP contribution in [-0.2, 0) is 16.4 Å². The second kappa shape index (κ2) is 13.5. The summed E-state index contributed by atoms with van der Waals surface area (Å²) in [7, 11) is -1.02. The van der Waals surface area contributed by atoms with Gasteiger partial charge in [0.1, 0.15) is 17.2 Å². The Hall–Kier alpha value is -3.60. The third-order valence-electron chi connectivity index (χ3n) is 6.19. The van der Waals surface area contributed by atoms with Gasteiger partial charge in [0.15, 0.2) is 0 Å². The number of nitrogens with zero attached hydrogens (tertiary/aromatic N) is 1. The second-order valence-electron chi connectivity index (χ2n) is 9.61. The van der Waals surface area contributed by atoms with Crippen LogP contribution in [0.5, 0.6) is 17.2 Å². The summed E-state index contributed by atoms with van der Waals surface area (Å²) in [6.07, 6.45) is -1.02. The lowest BCUT2D eigenvalue weighted by Gasteiger charge is -2.31. The van der Waals surface area contributed by atoms with Crippen LogP contribution in [0.25, 0.3) is 0 Å². The average molecular weight is 557 g/mol. The lowest BCUT2D eigenvalue weighted by molar-refractivity contribution is 0.0773. The van der Waals surface area contributed by atoms with Gasteiger partial charge in [-0.05, 0) is 54.3 Å². The summed E-state index contributed by atoms with van der Waals surface area (Å²) in [6, 6.07) is 18.7. The first-order chi connectivity index (χ1) is 18.5. The zero-order valence-corrected chi connectivity index (χ0v) is 23.4. The molecule has 0 aliphatic rings. The quantitative estimate of drug-likeness (QED) is 0.294. The maximum atomic E-state index is 13.6. The summed E-state index contributed by atoms with van der Waals surface area (Å²) < 4.78 is 38.6. The molecule has 0 aliphatic carbocycles. The summed E-state index contributed by atoms with van der Waals surface area (Å²) >= 11 is 0. The number of hydrogen-bond donors (Lipinski definition) is 3. The molecule has 39 heavy (non-hydrogen) atoms. The van der Waals surface area contributed by atoms with Crippen molar-refractivity contribution in [3.63, 3.8) is 0 Å². The number of nitrogens with one attached hydrogen (secondary N) is 1. The number of methoxy groups -OCH3 is 2. The van der Waals surface area contributed by atoms with Crippen molar-refractivity contribution in [3.8, 4) is 17.2 Å². The van der Waals surface area contributed by atoms with Gasteiger partial charge in [-0.15, -0.1) is 0 Å². The van der Waals surface area contributed by atoms with Crippen molar-refractivity contribution in [2.24, 2.45) is 5.92 Å². The molecule has 0 heterocycles. The van der Waals surface area contributed by atoms with Crippen molar-refractivity contribution in [2.45, 2.75) is 37.3 Å². The molecular formula is C29H36N2O7S. The Morgan fingerprint density at radius 2 is 1.54 bits per heavy atom. The predicted octanol–water partition coefficient (Wildman–Crippen LogP) is 3.46. The topological polar surface area (TPSA) is 125 Å². The van der Waals surface area contributed by atoms with E-state index in [1.165, 1.54) is 42.8 Å². The summed E-state index contributed by atoms with van der Waals surface area (Å²) in [4.78, 5) is 13.2. The van der Waals surface area contributed by atoms with Crippen LogP contribution < -0.4 is 14.8 Å². The van der Waals surface area contributed by atoms with Gasteiger partial charge < -0.3 is 25.0 Å². The number of sulfonamides is 1. The Kier molecular flexibility index (Phi) is 10.3. The first-order valence-corrected chi connectivity index (χ1v) is 14.0. The van der Waals surface area contributed by atoms with Crippen LogP contribution >= 0.6 is 0 Å². The molecule has 10 heteroatoms. The molecule has 0 aliphatic heterocycles. The third kappa shape index (κ3) is 7.95. The Morgan fingerprint density at radius 1 is 0.923 bits per heavy atom. The predicted molar refractivity (Wildman–Crippen MR) is 149 cm³/mol. The van der Waals surface area contributed by atoms with E-state index in [-0.39, 0.29) is 41.6 Å². The van der Waals surface area contributed by atoms with Crippen LogP contribution in [0, 0.1) is 5.92 Å². The minimum Gasteiger partial charge on any atom is -0.507 e. The van der Waals surface area contributed by atoms with Gasteiger partial charge in [0.2, 0.25) is 10.0 Å². The molecule has 210 valence electrons. The molecule has 0 saturated heterocycles. The highest BCUT2D eigenvalue weighted by molar-refractivity contribution is 7.89. The van der Waals surface area contributed by atoms with Gasteiger partial charge in [0.25, 0.3) is 5.91 Å². The van der Waals surface area contributed by atoms with Gasteiger partial charge in [0.05, 0.1) is 36.8 Å². The maximum Gasteiger partial charge on any atom is 0.255 e. The molecule has 0 fully saturated rings. The van der Waals surface area contributed by atoms with Crippen molar-refractivity contribution >= 4 is 15.9 Å². The fourth-order valence-corrected chi connectivity index (χ4v) is 5.76. The van der Waals surface area contributed by atoms with Gasteiger partial charge in [-0.25, -0.2) is 8.42 Å². The van der Waals surface area contributed by atoms with E-state index in [2.05, 4.69) is 5.32 Å². The SMILES string of the molecule is COc1ccc(S(=O)(=O)N(CC(C)C)C[C@@H](O)[C@H](Cc2ccccc2)NC(=O)c2ccc(OC)cc2O)cc1. The lowest BCUT2D eigenvalue weighted by atomic mass is 10.00. The monoisotopic (exact) mass is 556 g/mol. The number of carbonyl (C=O) groups is 1. The summed E-state index contributed by atoms with van der Waals surface area (Å²) in [5.41, 5.74) is 0.847. The number of benzene rings is 3. The molecule has 0 bridgehead atoms. The third-order valence-corrected chi connectivity index (χ3v) is 8.03. The number of aromatic hydroxyl groups is 1. The molecule has 2 atom stereocenters. The zero-order valence-electron chi connectivity index (χ0n) is 22.6. The van der Waals surface area contributed by atoms with E-state index >= 15 is 0 Å². The molecule has 0 radical (unpaired) electrons. The minimum atomic E-state index is -3.97. The highest BCUT2D eigenvalue weighted by atomic mass is 32.2. The van der Waals surface area contributed by atoms with Crippen LogP contribution in [0.1, 0.15) is 29.8 Å². The minimum absolute atomic E-state index is 0.00551. The molecule has 3 rings (SSSR count). The van der Waals surface area contributed by atoms with Crippen LogP contribution in [0.2, 0.25) is 0 Å². The van der Waals surface area contributed by atoms with Crippen molar-refractivity contribution in [1.29, 1.82) is 0 Å². The Morgan fingerprint density at radius 3 is 2.10 bits per heavy atom. The summed E-state index contributed by atoms with van der Waals surface area (Å²) in [5.74, 6) is 0.00492. The van der Waals surface area contributed by atoms with E-state index < -0.39 is 28.1 Å². The standard InChI is InChI=1S/C29H36N2O7S/c1-20(2)18-31(39(35,36)24-13-10-22(37-3)11-14-24)19-28(33)26(16-21-8-6-5-7-9-21)30-29(34)25-15-12-23(38-4)17-27(25)32/h5-15,17,20,26,28,32-33H,16,18-19H2,1-4H3,(H,30,34)/t26-,28+/m0/s1. The van der Waals surface area contributed by atoms with Crippen molar-refractivity contribution in [1.82, 2.24) is 9.62 Å². The number of hydrogen-bond acceptors (Lipinski definition) is 7. The fourth-order valence-electron chi connectivity index (χ4n) is 4.14. The summed E-state index contributed by atoms with van der Waals surface area (Å²) in [6.45, 7) is 3.69. The average Bonchev–Trinajstić information content (AvgIpc) is 2.92. The van der Waals surface area contributed by atoms with Crippen LogP contribution in [0.3, 0.4) is 0 Å². The Bertz CT molecular complexity index is 1330. The first kappa shape index (κ1) is 29.9. The fraction of sp³-hybridized carbons (Fsp3) is 0.345. The van der Waals surface area contributed by atoms with Gasteiger partial charge in [-0.1, -0.05) is 44.2 Å². The van der Waals surface area contributed by atoms with Crippen molar-refractivity contribution in [3.05, 3.63) is 83.9 Å². The number of phenols is 1. The molecular weight excluding hydrogens is 520 g/mol. The van der Waals surface area contributed by atoms with E-state index in [0.717, 1.165) is 5.56 Å². The van der Waals surface area contributed by atoms with E-state index in [0.29, 0.717) is 11.5 Å². The molecule has 1 amide bonds. The van der Waals surface area contributed by atoms with Crippen LogP contribution in [0.15, 0.2) is 77.7 Å². The van der Waals surface area contributed by atoms with E-state index in [1.807, 2.05) is 44.2 Å². The molecule has 0 saturated carbocycles. The molecule has 0 spiro atoms. The molecule has 3 aromatic rings. The van der Waals surface area contributed by atoms with E-state index in [1.54, 1.807) is 18.2 Å². The largest absolute Gasteiger partial charge is 0.507 e. The molecule has 9 nitrogen and oxygen atoms in total. The van der Waals surface area contributed by atoms with Crippen LogP contribution in [-0.4, -0.2) is 68.3 Å². The second-order valence-corrected chi connectivity index (χ2v) is 11.5. The maximum absolute atomic E-state index is 13.6. The molecule has 0 unspecified atom stereocenters. The van der Waals surface area contributed by atoms with Gasteiger partial charge in [-0.3, -0.25) is 4.79 Å². The number of amides is 1. The van der Waals surface area contributed by atoms with Gasteiger partial charge in [-0.2, -0.15) is 4.31 Å². The normalized spacial score (nSPS) is 13.2. The number of ether oxygens (including phenoxy) is 2. The smallest absolute Gasteiger partial charge is 0.255 e. The highest BCUT2D eigenvalue weighted by Crippen LogP contribution is 2.25. The van der Waals surface area contributed by atoms with Gasteiger partial charge >= 0.3 is 0 Å². The first-order valence-electron chi connectivity index (χ1n) is 12.6. The van der Waals surface area contributed by atoms with E-state index in [9.17, 15) is 23.4 Å². The Labute approximate surface area is 230 Å². The number of aliphatic hydroxyl groups is 1. The van der Waals surface area contributed by atoms with Crippen molar-refractivity contribution in [2.75, 3.05) is 27.3 Å². The molecule has 3 aromatic carbocycles. The van der Waals surface area contributed by atoms with E-state index in [4.69, 9.17) is 9.47 Å². The molecule has 3 N–H and O–H groups in total. The number of aliphatic hydroxyl groups excluding tert-OH is 1. The summed E-state index contributed by atoms with van der Waals surface area (Å²) in [5, 5.41) is 24.5. The highest BCUT2D eigenvalue weighted by Gasteiger charge is 2.32.